The predicted molar refractivity (Wildman–Crippen MR) is 75.5 cm³/mol. The van der Waals surface area contributed by atoms with Crippen LogP contribution in [0.5, 0.6) is 0 Å². The van der Waals surface area contributed by atoms with Crippen molar-refractivity contribution < 1.29 is 9.53 Å². The molecule has 7 nitrogen and oxygen atoms in total. The van der Waals surface area contributed by atoms with Gasteiger partial charge in [0.2, 0.25) is 5.85 Å². The highest BCUT2D eigenvalue weighted by Gasteiger charge is 2.44. The topological polar surface area (TPSA) is 106 Å². The average molecular weight is 277 g/mol. The number of amides is 1. The number of carbonyl (C=O) groups is 1. The van der Waals surface area contributed by atoms with E-state index in [9.17, 15) is 4.79 Å². The summed E-state index contributed by atoms with van der Waals surface area (Å²) >= 11 is 0. The third kappa shape index (κ3) is 2.37. The van der Waals surface area contributed by atoms with E-state index >= 15 is 0 Å². The number of nitrogens with two attached hydrogens (primary N) is 2. The molecule has 2 aliphatic heterocycles. The number of ether oxygens (including phenoxy) is 1. The third-order valence-electron chi connectivity index (χ3n) is 3.98. The quantitative estimate of drug-likeness (QED) is 0.581. The molecular weight excluding hydrogens is 258 g/mol. The van der Waals surface area contributed by atoms with Crippen molar-refractivity contribution >= 4 is 17.5 Å². The Morgan fingerprint density at radius 3 is 2.45 bits per heavy atom. The van der Waals surface area contributed by atoms with Crippen molar-refractivity contribution in [2.24, 2.45) is 11.7 Å². The van der Waals surface area contributed by atoms with Gasteiger partial charge in [-0.1, -0.05) is 0 Å². The van der Waals surface area contributed by atoms with Gasteiger partial charge in [-0.15, -0.1) is 0 Å². The molecule has 0 aromatic heterocycles. The monoisotopic (exact) mass is 277 g/mol. The zero-order valence-corrected chi connectivity index (χ0v) is 11.1. The maximum absolute atomic E-state index is 11.1. The Labute approximate surface area is 117 Å². The van der Waals surface area contributed by atoms with Gasteiger partial charge in [-0.05, 0) is 37.1 Å². The van der Waals surface area contributed by atoms with Crippen LogP contribution < -0.4 is 27.2 Å². The van der Waals surface area contributed by atoms with Crippen LogP contribution in [0.4, 0.5) is 16.2 Å². The van der Waals surface area contributed by atoms with Gasteiger partial charge in [-0.25, -0.2) is 4.79 Å². The van der Waals surface area contributed by atoms with Crippen molar-refractivity contribution in [3.8, 4) is 0 Å². The lowest BCUT2D eigenvalue weighted by atomic mass is 9.91. The lowest BCUT2D eigenvalue weighted by Gasteiger charge is -2.39. The summed E-state index contributed by atoms with van der Waals surface area (Å²) in [5.41, 5.74) is 18.8. The maximum Gasteiger partial charge on any atom is 0.424 e. The van der Waals surface area contributed by atoms with E-state index in [4.69, 9.17) is 16.2 Å². The average Bonchev–Trinajstić information content (AvgIpc) is 2.81. The normalized spacial score (nSPS) is 27.2. The number of piperidine rings is 1. The van der Waals surface area contributed by atoms with Gasteiger partial charge in [0.1, 0.15) is 0 Å². The summed E-state index contributed by atoms with van der Waals surface area (Å²) in [7, 11) is 0. The van der Waals surface area contributed by atoms with E-state index in [-0.39, 0.29) is 5.92 Å². The van der Waals surface area contributed by atoms with Crippen molar-refractivity contribution in [1.82, 2.24) is 10.9 Å². The molecule has 7 heteroatoms. The van der Waals surface area contributed by atoms with E-state index in [1.165, 1.54) is 0 Å². The third-order valence-corrected chi connectivity index (χ3v) is 3.98. The second-order valence-corrected chi connectivity index (χ2v) is 5.29. The molecule has 0 spiro atoms. The van der Waals surface area contributed by atoms with Crippen LogP contribution in [0.25, 0.3) is 0 Å². The minimum Gasteiger partial charge on any atom is -0.411 e. The number of rotatable bonds is 2. The summed E-state index contributed by atoms with van der Waals surface area (Å²) < 4.78 is 5.13. The van der Waals surface area contributed by atoms with Gasteiger partial charge in [-0.2, -0.15) is 5.43 Å². The van der Waals surface area contributed by atoms with Crippen LogP contribution >= 0.6 is 0 Å². The molecule has 1 atom stereocenters. The highest BCUT2D eigenvalue weighted by Crippen LogP contribution is 2.30. The first-order valence-corrected chi connectivity index (χ1v) is 6.72. The van der Waals surface area contributed by atoms with Gasteiger partial charge < -0.3 is 15.4 Å². The minimum atomic E-state index is -1.09. The summed E-state index contributed by atoms with van der Waals surface area (Å²) in [6.07, 6.45) is 1.18. The first kappa shape index (κ1) is 13.0. The number of hydrogen-bond acceptors (Lipinski definition) is 6. The summed E-state index contributed by atoms with van der Waals surface area (Å²) in [6, 6.07) is 7.83. The molecule has 2 aliphatic rings. The maximum atomic E-state index is 11.1. The number of hydrogen-bond donors (Lipinski definition) is 4. The molecule has 1 aromatic carbocycles. The molecule has 1 unspecified atom stereocenters. The van der Waals surface area contributed by atoms with Crippen LogP contribution in [0.15, 0.2) is 24.3 Å². The first-order valence-electron chi connectivity index (χ1n) is 6.72. The molecular formula is C13H19N5O2. The van der Waals surface area contributed by atoms with E-state index < -0.39 is 11.9 Å². The molecule has 2 fully saturated rings. The number of benzene rings is 1. The molecule has 0 radical (unpaired) electrons. The summed E-state index contributed by atoms with van der Waals surface area (Å²) in [4.78, 5) is 13.4. The molecule has 108 valence electrons. The molecule has 6 N–H and O–H groups in total. The molecule has 20 heavy (non-hydrogen) atoms. The zero-order valence-electron chi connectivity index (χ0n) is 11.1. The minimum absolute atomic E-state index is 0.0893. The Morgan fingerprint density at radius 1 is 1.25 bits per heavy atom. The fourth-order valence-corrected chi connectivity index (χ4v) is 2.79. The van der Waals surface area contributed by atoms with Crippen molar-refractivity contribution in [2.45, 2.75) is 18.7 Å². The summed E-state index contributed by atoms with van der Waals surface area (Å²) in [5.74, 6) is -1.00. The van der Waals surface area contributed by atoms with E-state index in [0.717, 1.165) is 37.3 Å². The molecule has 0 bridgehead atoms. The van der Waals surface area contributed by atoms with E-state index in [1.54, 1.807) is 0 Å². The molecule has 0 aliphatic carbocycles. The number of nitrogens with one attached hydrogen (secondary N) is 2. The smallest absolute Gasteiger partial charge is 0.411 e. The number of anilines is 2. The van der Waals surface area contributed by atoms with Gasteiger partial charge in [0.25, 0.3) is 0 Å². The lowest BCUT2D eigenvalue weighted by Crippen LogP contribution is -2.60. The number of nitrogen functional groups attached to an aromatic ring is 1. The molecule has 2 saturated heterocycles. The van der Waals surface area contributed by atoms with Gasteiger partial charge in [0.15, 0.2) is 0 Å². The Kier molecular flexibility index (Phi) is 3.15. The van der Waals surface area contributed by atoms with Crippen LogP contribution in [0.2, 0.25) is 0 Å². The SMILES string of the molecule is Nc1ccc(N2CCC(C3(N)NNC(=O)O3)CC2)cc1. The van der Waals surface area contributed by atoms with Crippen molar-refractivity contribution in [2.75, 3.05) is 23.7 Å². The van der Waals surface area contributed by atoms with Crippen molar-refractivity contribution in [3.63, 3.8) is 0 Å². The standard InChI is InChI=1S/C13H19N5O2/c14-10-1-3-11(4-2-10)18-7-5-9(6-8-18)13(15)17-16-12(19)20-13/h1-4,9,17H,5-8,14-15H2,(H,16,19). The molecule has 1 aromatic rings. The molecule has 3 rings (SSSR count). The highest BCUT2D eigenvalue weighted by atomic mass is 16.6. The fraction of sp³-hybridized carbons (Fsp3) is 0.462. The predicted octanol–water partition coefficient (Wildman–Crippen LogP) is 0.342. The molecule has 1 amide bonds. The molecule has 2 heterocycles. The van der Waals surface area contributed by atoms with Crippen LogP contribution in [-0.2, 0) is 4.74 Å². The van der Waals surface area contributed by atoms with Crippen LogP contribution in [0.3, 0.4) is 0 Å². The van der Waals surface area contributed by atoms with Gasteiger partial charge >= 0.3 is 6.09 Å². The van der Waals surface area contributed by atoms with E-state index in [1.807, 2.05) is 24.3 Å². The van der Waals surface area contributed by atoms with E-state index in [2.05, 4.69) is 15.8 Å². The Bertz CT molecular complexity index is 498. The van der Waals surface area contributed by atoms with Crippen molar-refractivity contribution in [3.05, 3.63) is 24.3 Å². The Morgan fingerprint density at radius 2 is 1.90 bits per heavy atom. The lowest BCUT2D eigenvalue weighted by molar-refractivity contribution is -0.0260. The Hall–Kier alpha value is -1.99. The second-order valence-electron chi connectivity index (χ2n) is 5.29. The largest absolute Gasteiger partial charge is 0.424 e. The first-order chi connectivity index (χ1) is 9.57. The zero-order chi connectivity index (χ0) is 14.2. The highest BCUT2D eigenvalue weighted by molar-refractivity contribution is 5.69. The van der Waals surface area contributed by atoms with Crippen LogP contribution in [-0.4, -0.2) is 25.0 Å². The van der Waals surface area contributed by atoms with Gasteiger partial charge in [-0.3, -0.25) is 11.2 Å². The number of carbonyl (C=O) groups excluding carboxylic acids is 1. The second kappa shape index (κ2) is 4.84. The number of hydrazine groups is 1. The number of nitrogens with zero attached hydrogens (tertiary/aromatic N) is 1. The Balaban J connectivity index is 1.62. The van der Waals surface area contributed by atoms with Crippen LogP contribution in [0.1, 0.15) is 12.8 Å². The van der Waals surface area contributed by atoms with Gasteiger partial charge in [0, 0.05) is 30.4 Å². The molecule has 0 saturated carbocycles. The fourth-order valence-electron chi connectivity index (χ4n) is 2.79. The van der Waals surface area contributed by atoms with Gasteiger partial charge in [0.05, 0.1) is 0 Å². The number of cyclic esters (lactones) is 1. The summed E-state index contributed by atoms with van der Waals surface area (Å²) in [5, 5.41) is 0. The van der Waals surface area contributed by atoms with E-state index in [0.29, 0.717) is 0 Å². The van der Waals surface area contributed by atoms with Crippen molar-refractivity contribution in [1.29, 1.82) is 0 Å². The summed E-state index contributed by atoms with van der Waals surface area (Å²) in [6.45, 7) is 1.74. The van der Waals surface area contributed by atoms with Crippen LogP contribution in [0, 0.1) is 5.92 Å².